The lowest BCUT2D eigenvalue weighted by molar-refractivity contribution is -0.261. The molecule has 4 fully saturated rings. The molecule has 5 aliphatic rings. The minimum atomic E-state index is -1.29. The predicted octanol–water partition coefficient (Wildman–Crippen LogP) is 3.78. The summed E-state index contributed by atoms with van der Waals surface area (Å²) in [6, 6.07) is 0. The van der Waals surface area contributed by atoms with Gasteiger partial charge in [0.15, 0.2) is 0 Å². The lowest BCUT2D eigenvalue weighted by Crippen LogP contribution is -2.72. The molecule has 0 bridgehead atoms. The normalized spacial score (nSPS) is 54.4. The first-order valence-electron chi connectivity index (χ1n) is 15.6. The Morgan fingerprint density at radius 2 is 1.68 bits per heavy atom. The van der Waals surface area contributed by atoms with E-state index in [1.54, 1.807) is 6.92 Å². The molecule has 5 rings (SSSR count). The zero-order chi connectivity index (χ0) is 30.6. The number of fused-ring (bicyclic) bond motifs is 7. The van der Waals surface area contributed by atoms with E-state index in [1.807, 2.05) is 13.0 Å². The number of rotatable bonds is 3. The van der Waals surface area contributed by atoms with Crippen LogP contribution in [0.25, 0.3) is 0 Å². The van der Waals surface area contributed by atoms with Crippen molar-refractivity contribution in [2.75, 3.05) is 13.7 Å². The second-order valence-corrected chi connectivity index (χ2v) is 15.6. The summed E-state index contributed by atoms with van der Waals surface area (Å²) in [4.78, 5) is 25.6. The average Bonchev–Trinajstić information content (AvgIpc) is 2.88. The molecule has 0 heterocycles. The van der Waals surface area contributed by atoms with Gasteiger partial charge in [0.1, 0.15) is 11.5 Å². The van der Waals surface area contributed by atoms with Gasteiger partial charge in [-0.1, -0.05) is 39.3 Å². The summed E-state index contributed by atoms with van der Waals surface area (Å²) >= 11 is 0. The van der Waals surface area contributed by atoms with Gasteiger partial charge in [0, 0.05) is 30.8 Å². The van der Waals surface area contributed by atoms with Crippen LogP contribution in [-0.2, 0) is 19.1 Å². The van der Waals surface area contributed by atoms with Gasteiger partial charge in [-0.2, -0.15) is 0 Å². The van der Waals surface area contributed by atoms with Crippen molar-refractivity contribution < 1.29 is 39.5 Å². The quantitative estimate of drug-likeness (QED) is 0.295. The third kappa shape index (κ3) is 3.78. The third-order valence-corrected chi connectivity index (χ3v) is 14.0. The van der Waals surface area contributed by atoms with Crippen molar-refractivity contribution in [2.24, 2.45) is 50.7 Å². The van der Waals surface area contributed by atoms with Crippen LogP contribution in [-0.4, -0.2) is 70.0 Å². The maximum absolute atomic E-state index is 13.5. The van der Waals surface area contributed by atoms with Crippen LogP contribution in [0.1, 0.15) is 93.4 Å². The van der Waals surface area contributed by atoms with Gasteiger partial charge in [0.25, 0.3) is 0 Å². The van der Waals surface area contributed by atoms with Gasteiger partial charge in [-0.3, -0.25) is 9.59 Å². The van der Waals surface area contributed by atoms with Crippen molar-refractivity contribution in [1.82, 2.24) is 0 Å². The van der Waals surface area contributed by atoms with Gasteiger partial charge >= 0.3 is 11.9 Å². The topological polar surface area (TPSA) is 134 Å². The van der Waals surface area contributed by atoms with Gasteiger partial charge in [-0.25, -0.2) is 0 Å². The molecule has 13 unspecified atom stereocenters. The molecule has 8 heteroatoms. The number of ether oxygens (including phenoxy) is 2. The van der Waals surface area contributed by atoms with Crippen LogP contribution in [0.5, 0.6) is 0 Å². The molecule has 4 N–H and O–H groups in total. The van der Waals surface area contributed by atoms with E-state index in [0.29, 0.717) is 6.42 Å². The summed E-state index contributed by atoms with van der Waals surface area (Å²) in [7, 11) is 1.32. The molecular weight excluding hydrogens is 524 g/mol. The zero-order valence-corrected chi connectivity index (χ0v) is 26.2. The molecule has 0 aromatic carbocycles. The van der Waals surface area contributed by atoms with Crippen LogP contribution in [0.15, 0.2) is 11.6 Å². The van der Waals surface area contributed by atoms with Crippen LogP contribution in [0.4, 0.5) is 0 Å². The van der Waals surface area contributed by atoms with E-state index in [1.165, 1.54) is 14.0 Å². The molecule has 41 heavy (non-hydrogen) atoms. The molecule has 232 valence electrons. The first kappa shape index (κ1) is 31.0. The average molecular weight is 577 g/mol. The molecule has 0 spiro atoms. The van der Waals surface area contributed by atoms with Crippen LogP contribution >= 0.6 is 0 Å². The largest absolute Gasteiger partial charge is 0.468 e. The maximum Gasteiger partial charge on any atom is 0.315 e. The summed E-state index contributed by atoms with van der Waals surface area (Å²) < 4.78 is 10.9. The van der Waals surface area contributed by atoms with E-state index in [9.17, 15) is 30.0 Å². The Morgan fingerprint density at radius 1 is 1.02 bits per heavy atom. The van der Waals surface area contributed by atoms with Crippen molar-refractivity contribution in [1.29, 1.82) is 0 Å². The summed E-state index contributed by atoms with van der Waals surface area (Å²) in [6.45, 7) is 13.6. The van der Waals surface area contributed by atoms with Crippen molar-refractivity contribution in [3.8, 4) is 0 Å². The number of hydrogen-bond acceptors (Lipinski definition) is 8. The Bertz CT molecular complexity index is 1130. The van der Waals surface area contributed by atoms with Crippen LogP contribution < -0.4 is 0 Å². The third-order valence-electron chi connectivity index (χ3n) is 14.0. The van der Waals surface area contributed by atoms with Gasteiger partial charge in [0.05, 0.1) is 24.9 Å². The summed E-state index contributed by atoms with van der Waals surface area (Å²) in [5.41, 5.74) is -3.13. The molecule has 4 saturated carbocycles. The van der Waals surface area contributed by atoms with Crippen molar-refractivity contribution in [2.45, 2.75) is 117 Å². The molecule has 0 radical (unpaired) electrons. The second-order valence-electron chi connectivity index (χ2n) is 15.6. The van der Waals surface area contributed by atoms with Gasteiger partial charge in [-0.05, 0) is 86.9 Å². The fourth-order valence-electron chi connectivity index (χ4n) is 11.7. The fourth-order valence-corrected chi connectivity index (χ4v) is 11.7. The first-order valence-corrected chi connectivity index (χ1v) is 15.6. The van der Waals surface area contributed by atoms with E-state index < -0.39 is 57.5 Å². The number of methoxy groups -OCH3 is 1. The number of carbonyl (C=O) groups is 2. The molecule has 0 aliphatic heterocycles. The highest BCUT2D eigenvalue weighted by Crippen LogP contribution is 2.76. The zero-order valence-electron chi connectivity index (χ0n) is 26.2. The Hall–Kier alpha value is -1.48. The summed E-state index contributed by atoms with van der Waals surface area (Å²) in [5.74, 6) is -1.90. The summed E-state index contributed by atoms with van der Waals surface area (Å²) in [5, 5.41) is 46.5. The van der Waals surface area contributed by atoms with Crippen LogP contribution in [0.3, 0.4) is 0 Å². The number of aliphatic hydroxyl groups excluding tert-OH is 3. The lowest BCUT2D eigenvalue weighted by Gasteiger charge is -2.72. The van der Waals surface area contributed by atoms with Gasteiger partial charge in [0.2, 0.25) is 0 Å². The van der Waals surface area contributed by atoms with Crippen molar-refractivity contribution in [3.63, 3.8) is 0 Å². The van der Waals surface area contributed by atoms with Crippen molar-refractivity contribution in [3.05, 3.63) is 11.6 Å². The highest BCUT2D eigenvalue weighted by Gasteiger charge is 2.74. The highest BCUT2D eigenvalue weighted by molar-refractivity contribution is 5.79. The molecule has 0 amide bonds. The van der Waals surface area contributed by atoms with Gasteiger partial charge in [-0.15, -0.1) is 0 Å². The fraction of sp³-hybridized carbons (Fsp3) is 0.879. The van der Waals surface area contributed by atoms with Crippen LogP contribution in [0, 0.1) is 50.7 Å². The van der Waals surface area contributed by atoms with Gasteiger partial charge < -0.3 is 29.9 Å². The molecule has 0 aromatic heterocycles. The minimum absolute atomic E-state index is 0.00516. The molecule has 8 nitrogen and oxygen atoms in total. The maximum atomic E-state index is 13.5. The van der Waals surface area contributed by atoms with E-state index >= 15 is 0 Å². The molecular formula is C33H52O8. The van der Waals surface area contributed by atoms with E-state index in [2.05, 4.69) is 27.7 Å². The first-order chi connectivity index (χ1) is 18.9. The van der Waals surface area contributed by atoms with Crippen LogP contribution in [0.2, 0.25) is 0 Å². The standard InChI is InChI=1S/C33H52O8/c1-18-9-12-33(17-34)14-13-29(4)20(24(33)32(18,7)39)15-21(36)25-28(3)16-22(37)26(41-19(2)35)31(6,27(38)40-8)23(28)10-11-30(25,29)5/h15,18,21-26,34,36-37,39H,9-14,16-17H2,1-8H3. The highest BCUT2D eigenvalue weighted by atomic mass is 16.6. The van der Waals surface area contributed by atoms with E-state index in [4.69, 9.17) is 9.47 Å². The van der Waals surface area contributed by atoms with E-state index in [0.717, 1.165) is 37.7 Å². The monoisotopic (exact) mass is 576 g/mol. The van der Waals surface area contributed by atoms with E-state index in [-0.39, 0.29) is 42.1 Å². The smallest absolute Gasteiger partial charge is 0.315 e. The second kappa shape index (κ2) is 9.51. The summed E-state index contributed by atoms with van der Waals surface area (Å²) in [6.07, 6.45) is 3.89. The van der Waals surface area contributed by atoms with Crippen molar-refractivity contribution >= 4 is 11.9 Å². The Morgan fingerprint density at radius 3 is 2.27 bits per heavy atom. The molecule has 5 aliphatic carbocycles. The number of aliphatic hydroxyl groups is 4. The Kier molecular flexibility index (Phi) is 7.18. The lowest BCUT2D eigenvalue weighted by atomic mass is 9.32. The molecule has 0 aromatic rings. The number of esters is 2. The Balaban J connectivity index is 1.67. The molecule has 13 atom stereocenters. The minimum Gasteiger partial charge on any atom is -0.468 e. The SMILES string of the molecule is COC(=O)C1(C)C(OC(C)=O)C(O)CC2(C)C1CCC1(C)C2C(O)C=C2C3C(CO)(CCC(C)C3(C)O)CCC21C. The Labute approximate surface area is 244 Å². The molecule has 0 saturated heterocycles. The number of carbonyl (C=O) groups excluding carboxylic acids is 2. The predicted molar refractivity (Wildman–Crippen MR) is 152 cm³/mol. The number of hydrogen-bond donors (Lipinski definition) is 4.